The van der Waals surface area contributed by atoms with Gasteiger partial charge in [-0.05, 0) is 50.9 Å². The van der Waals surface area contributed by atoms with Crippen LogP contribution in [0, 0.1) is 0 Å². The second-order valence-electron chi connectivity index (χ2n) is 2.44. The van der Waals surface area contributed by atoms with E-state index >= 15 is 0 Å². The summed E-state index contributed by atoms with van der Waals surface area (Å²) in [6, 6.07) is 3.26. The number of esters is 1. The van der Waals surface area contributed by atoms with Crippen LogP contribution in [0.25, 0.3) is 0 Å². The molecule has 2 nitrogen and oxygen atoms in total. The van der Waals surface area contributed by atoms with Crippen molar-refractivity contribution in [1.82, 2.24) is 0 Å². The summed E-state index contributed by atoms with van der Waals surface area (Å²) in [6.45, 7) is 2.11. The van der Waals surface area contributed by atoms with Crippen molar-refractivity contribution in [3.8, 4) is 0 Å². The SMILES string of the molecule is CCOC(=O)c1ccc(Cl)c(Br)c1Br. The van der Waals surface area contributed by atoms with Gasteiger partial charge in [-0.25, -0.2) is 4.79 Å². The Morgan fingerprint density at radius 3 is 2.64 bits per heavy atom. The van der Waals surface area contributed by atoms with Gasteiger partial charge < -0.3 is 4.74 Å². The highest BCUT2D eigenvalue weighted by Gasteiger charge is 2.14. The molecule has 0 unspecified atom stereocenters. The van der Waals surface area contributed by atoms with E-state index in [1.54, 1.807) is 19.1 Å². The van der Waals surface area contributed by atoms with Crippen LogP contribution in [0.4, 0.5) is 0 Å². The van der Waals surface area contributed by atoms with Gasteiger partial charge >= 0.3 is 5.97 Å². The van der Waals surface area contributed by atoms with E-state index < -0.39 is 0 Å². The Morgan fingerprint density at radius 1 is 1.43 bits per heavy atom. The molecule has 1 rings (SSSR count). The smallest absolute Gasteiger partial charge is 0.339 e. The fourth-order valence-electron chi connectivity index (χ4n) is 0.892. The highest BCUT2D eigenvalue weighted by Crippen LogP contribution is 2.33. The van der Waals surface area contributed by atoms with Gasteiger partial charge in [0.15, 0.2) is 0 Å². The molecular formula is C9H7Br2ClO2. The number of rotatable bonds is 2. The molecule has 0 heterocycles. The van der Waals surface area contributed by atoms with E-state index in [4.69, 9.17) is 16.3 Å². The van der Waals surface area contributed by atoms with Gasteiger partial charge in [0.1, 0.15) is 0 Å². The number of hydrogen-bond donors (Lipinski definition) is 0. The van der Waals surface area contributed by atoms with Gasteiger partial charge in [-0.3, -0.25) is 0 Å². The molecule has 5 heteroatoms. The molecule has 1 aromatic carbocycles. The predicted molar refractivity (Wildman–Crippen MR) is 62.8 cm³/mol. The number of carbonyl (C=O) groups excluding carboxylic acids is 1. The molecule has 1 aromatic rings. The zero-order valence-corrected chi connectivity index (χ0v) is 11.2. The normalized spacial score (nSPS) is 10.0. The van der Waals surface area contributed by atoms with Crippen LogP contribution in [0.15, 0.2) is 21.1 Å². The quantitative estimate of drug-likeness (QED) is 0.599. The number of benzene rings is 1. The number of hydrogen-bond acceptors (Lipinski definition) is 2. The third-order valence-corrected chi connectivity index (χ3v) is 4.25. The maximum atomic E-state index is 11.4. The zero-order chi connectivity index (χ0) is 10.7. The van der Waals surface area contributed by atoms with E-state index in [1.807, 2.05) is 0 Å². The first-order chi connectivity index (χ1) is 6.57. The maximum Gasteiger partial charge on any atom is 0.339 e. The van der Waals surface area contributed by atoms with E-state index in [1.165, 1.54) is 0 Å². The fraction of sp³-hybridized carbons (Fsp3) is 0.222. The van der Waals surface area contributed by atoms with Gasteiger partial charge in [-0.1, -0.05) is 11.6 Å². The minimum absolute atomic E-state index is 0.353. The van der Waals surface area contributed by atoms with Gasteiger partial charge in [-0.15, -0.1) is 0 Å². The van der Waals surface area contributed by atoms with E-state index in [0.717, 1.165) is 0 Å². The number of carbonyl (C=O) groups is 1. The van der Waals surface area contributed by atoms with Crippen molar-refractivity contribution in [1.29, 1.82) is 0 Å². The van der Waals surface area contributed by atoms with Crippen molar-refractivity contribution < 1.29 is 9.53 Å². The molecule has 0 saturated carbocycles. The summed E-state index contributed by atoms with van der Waals surface area (Å²) in [5.74, 6) is -0.364. The van der Waals surface area contributed by atoms with Gasteiger partial charge in [0.2, 0.25) is 0 Å². The average molecular weight is 342 g/mol. The molecular weight excluding hydrogens is 335 g/mol. The highest BCUT2D eigenvalue weighted by molar-refractivity contribution is 9.13. The van der Waals surface area contributed by atoms with E-state index in [-0.39, 0.29) is 5.97 Å². The van der Waals surface area contributed by atoms with Crippen LogP contribution in [0.2, 0.25) is 5.02 Å². The van der Waals surface area contributed by atoms with Crippen LogP contribution < -0.4 is 0 Å². The first kappa shape index (κ1) is 12.0. The first-order valence-corrected chi connectivity index (χ1v) is 5.85. The average Bonchev–Trinajstić information content (AvgIpc) is 2.15. The molecule has 0 aliphatic rings. The monoisotopic (exact) mass is 340 g/mol. The van der Waals surface area contributed by atoms with Crippen molar-refractivity contribution in [2.45, 2.75) is 6.92 Å². The summed E-state index contributed by atoms with van der Waals surface area (Å²) in [7, 11) is 0. The summed E-state index contributed by atoms with van der Waals surface area (Å²) in [5, 5.41) is 0.546. The molecule has 76 valence electrons. The molecule has 0 bridgehead atoms. The minimum Gasteiger partial charge on any atom is -0.462 e. The molecule has 0 N–H and O–H groups in total. The Kier molecular flexibility index (Phi) is 4.41. The third-order valence-electron chi connectivity index (χ3n) is 1.53. The van der Waals surface area contributed by atoms with Crippen LogP contribution in [0.3, 0.4) is 0 Å². The van der Waals surface area contributed by atoms with E-state index in [2.05, 4.69) is 31.9 Å². The van der Waals surface area contributed by atoms with Crippen molar-refractivity contribution in [2.75, 3.05) is 6.61 Å². The molecule has 0 fully saturated rings. The Balaban J connectivity index is 3.11. The first-order valence-electron chi connectivity index (χ1n) is 3.88. The Bertz CT molecular complexity index is 366. The third kappa shape index (κ3) is 2.49. The predicted octanol–water partition coefficient (Wildman–Crippen LogP) is 4.04. The van der Waals surface area contributed by atoms with Gasteiger partial charge in [0.05, 0.1) is 21.7 Å². The summed E-state index contributed by atoms with van der Waals surface area (Å²) in [4.78, 5) is 11.4. The molecule has 0 spiro atoms. The zero-order valence-electron chi connectivity index (χ0n) is 7.31. The van der Waals surface area contributed by atoms with Crippen LogP contribution in [0.5, 0.6) is 0 Å². The molecule has 0 amide bonds. The summed E-state index contributed by atoms with van der Waals surface area (Å²) >= 11 is 12.4. The molecule has 0 aromatic heterocycles. The molecule has 0 atom stereocenters. The Labute approximate surface area is 104 Å². The highest BCUT2D eigenvalue weighted by atomic mass is 79.9. The van der Waals surface area contributed by atoms with Crippen LogP contribution >= 0.6 is 43.5 Å². The molecule has 0 aliphatic heterocycles. The van der Waals surface area contributed by atoms with Crippen molar-refractivity contribution >= 4 is 49.4 Å². The van der Waals surface area contributed by atoms with Crippen LogP contribution in [-0.4, -0.2) is 12.6 Å². The van der Waals surface area contributed by atoms with Gasteiger partial charge in [-0.2, -0.15) is 0 Å². The standard InChI is InChI=1S/C9H7Br2ClO2/c1-2-14-9(13)5-3-4-6(12)8(11)7(5)10/h3-4H,2H2,1H3. The second-order valence-corrected chi connectivity index (χ2v) is 4.44. The lowest BCUT2D eigenvalue weighted by molar-refractivity contribution is 0.0525. The minimum atomic E-state index is -0.364. The summed E-state index contributed by atoms with van der Waals surface area (Å²) in [6.07, 6.45) is 0. The molecule has 0 aliphatic carbocycles. The van der Waals surface area contributed by atoms with Crippen molar-refractivity contribution in [2.24, 2.45) is 0 Å². The fourth-order valence-corrected chi connectivity index (χ4v) is 2.02. The Morgan fingerprint density at radius 2 is 2.07 bits per heavy atom. The number of ether oxygens (including phenoxy) is 1. The topological polar surface area (TPSA) is 26.3 Å². The lowest BCUT2D eigenvalue weighted by atomic mass is 10.2. The van der Waals surface area contributed by atoms with Gasteiger partial charge in [0.25, 0.3) is 0 Å². The summed E-state index contributed by atoms with van der Waals surface area (Å²) in [5.41, 5.74) is 0.461. The second kappa shape index (κ2) is 5.14. The number of halogens is 3. The van der Waals surface area contributed by atoms with Crippen molar-refractivity contribution in [3.05, 3.63) is 31.7 Å². The van der Waals surface area contributed by atoms with Crippen LogP contribution in [-0.2, 0) is 4.74 Å². The lowest BCUT2D eigenvalue weighted by Gasteiger charge is -2.06. The Hall–Kier alpha value is -0.0600. The maximum absolute atomic E-state index is 11.4. The summed E-state index contributed by atoms with van der Waals surface area (Å²) < 4.78 is 6.14. The van der Waals surface area contributed by atoms with Crippen LogP contribution in [0.1, 0.15) is 17.3 Å². The van der Waals surface area contributed by atoms with Crippen molar-refractivity contribution in [3.63, 3.8) is 0 Å². The molecule has 0 radical (unpaired) electrons. The van der Waals surface area contributed by atoms with E-state index in [0.29, 0.717) is 26.1 Å². The largest absolute Gasteiger partial charge is 0.462 e. The van der Waals surface area contributed by atoms with Gasteiger partial charge in [0, 0.05) is 4.47 Å². The lowest BCUT2D eigenvalue weighted by Crippen LogP contribution is -2.05. The molecule has 14 heavy (non-hydrogen) atoms. The molecule has 0 saturated heterocycles. The van der Waals surface area contributed by atoms with E-state index in [9.17, 15) is 4.79 Å².